The molecule has 0 atom stereocenters. The van der Waals surface area contributed by atoms with Crippen LogP contribution < -0.4 is 11.1 Å². The summed E-state index contributed by atoms with van der Waals surface area (Å²) in [6.45, 7) is 4.29. The van der Waals surface area contributed by atoms with E-state index in [1.165, 1.54) is 0 Å². The molecule has 2 aromatic rings. The van der Waals surface area contributed by atoms with Gasteiger partial charge in [0.05, 0.1) is 28.6 Å². The lowest BCUT2D eigenvalue weighted by Gasteiger charge is -2.08. The monoisotopic (exact) mass is 251 g/mol. The Bertz CT molecular complexity index is 517. The van der Waals surface area contributed by atoms with Gasteiger partial charge in [-0.3, -0.25) is 0 Å². The Morgan fingerprint density at radius 2 is 2.18 bits per heavy atom. The fraction of sp³-hybridized carbons (Fsp3) is 0.250. The Kier molecular flexibility index (Phi) is 3.24. The second-order valence-electron chi connectivity index (χ2n) is 3.80. The van der Waals surface area contributed by atoms with Gasteiger partial charge in [-0.1, -0.05) is 17.7 Å². The second-order valence-corrected chi connectivity index (χ2v) is 4.21. The summed E-state index contributed by atoms with van der Waals surface area (Å²) in [7, 11) is 0. The smallest absolute Gasteiger partial charge is 0.213 e. The van der Waals surface area contributed by atoms with E-state index in [9.17, 15) is 0 Å². The number of aryl methyl sites for hydroxylation is 2. The average Bonchev–Trinajstić information content (AvgIpc) is 2.61. The van der Waals surface area contributed by atoms with E-state index < -0.39 is 0 Å². The molecule has 1 aromatic heterocycles. The maximum absolute atomic E-state index is 5.92. The van der Waals surface area contributed by atoms with Gasteiger partial charge in [-0.15, -0.1) is 0 Å². The molecular weight excluding hydrogens is 238 g/mol. The van der Waals surface area contributed by atoms with Crippen molar-refractivity contribution in [1.29, 1.82) is 0 Å². The highest BCUT2D eigenvalue weighted by Crippen LogP contribution is 2.27. The predicted molar refractivity (Wildman–Crippen MR) is 69.2 cm³/mol. The molecule has 1 aromatic carbocycles. The molecule has 0 aliphatic heterocycles. The zero-order chi connectivity index (χ0) is 12.4. The van der Waals surface area contributed by atoms with Crippen LogP contribution in [0.1, 0.15) is 17.3 Å². The van der Waals surface area contributed by atoms with Crippen LogP contribution in [0.25, 0.3) is 0 Å². The number of hydrogen-bond donors (Lipinski definition) is 2. The van der Waals surface area contributed by atoms with Crippen molar-refractivity contribution < 1.29 is 4.42 Å². The lowest BCUT2D eigenvalue weighted by atomic mass is 10.2. The number of aromatic nitrogens is 1. The van der Waals surface area contributed by atoms with E-state index in [-0.39, 0.29) is 0 Å². The van der Waals surface area contributed by atoms with E-state index in [2.05, 4.69) is 10.3 Å². The Labute approximate surface area is 105 Å². The standard InChI is InChI=1S/C12H14ClN3O/c1-7-8(2)17-11(16-7)6-15-10-5-3-4-9(13)12(10)14/h3-5,15H,6,14H2,1-2H3. The third kappa shape index (κ3) is 2.53. The van der Waals surface area contributed by atoms with Crippen LogP contribution in [-0.2, 0) is 6.54 Å². The number of benzene rings is 1. The van der Waals surface area contributed by atoms with Crippen molar-refractivity contribution in [2.45, 2.75) is 20.4 Å². The van der Waals surface area contributed by atoms with Crippen LogP contribution in [-0.4, -0.2) is 4.98 Å². The molecule has 0 unspecified atom stereocenters. The molecular formula is C12H14ClN3O. The van der Waals surface area contributed by atoms with Gasteiger partial charge in [0.2, 0.25) is 5.89 Å². The molecule has 0 fully saturated rings. The lowest BCUT2D eigenvalue weighted by molar-refractivity contribution is 0.478. The molecule has 3 N–H and O–H groups in total. The predicted octanol–water partition coefficient (Wildman–Crippen LogP) is 3.14. The number of rotatable bonds is 3. The third-order valence-corrected chi connectivity index (χ3v) is 2.89. The summed E-state index contributed by atoms with van der Waals surface area (Å²) in [4.78, 5) is 4.27. The van der Waals surface area contributed by atoms with Gasteiger partial charge >= 0.3 is 0 Å². The molecule has 0 radical (unpaired) electrons. The molecule has 0 bridgehead atoms. The van der Waals surface area contributed by atoms with Gasteiger partial charge in [0.1, 0.15) is 5.76 Å². The minimum atomic E-state index is 0.485. The molecule has 0 saturated carbocycles. The molecule has 0 amide bonds. The van der Waals surface area contributed by atoms with E-state index in [0.717, 1.165) is 17.1 Å². The fourth-order valence-electron chi connectivity index (χ4n) is 1.48. The van der Waals surface area contributed by atoms with E-state index in [0.29, 0.717) is 23.1 Å². The van der Waals surface area contributed by atoms with Gasteiger partial charge in [0, 0.05) is 0 Å². The summed E-state index contributed by atoms with van der Waals surface area (Å²) in [6.07, 6.45) is 0. The minimum Gasteiger partial charge on any atom is -0.444 e. The Balaban J connectivity index is 2.10. The molecule has 0 aliphatic rings. The second kappa shape index (κ2) is 4.67. The van der Waals surface area contributed by atoms with Gasteiger partial charge in [0.25, 0.3) is 0 Å². The van der Waals surface area contributed by atoms with Crippen LogP contribution in [0.15, 0.2) is 22.6 Å². The number of nitrogen functional groups attached to an aromatic ring is 1. The quantitative estimate of drug-likeness (QED) is 0.823. The maximum atomic E-state index is 5.92. The van der Waals surface area contributed by atoms with E-state index in [4.69, 9.17) is 21.8 Å². The molecule has 4 nitrogen and oxygen atoms in total. The molecule has 0 saturated heterocycles. The topological polar surface area (TPSA) is 64.1 Å². The Hall–Kier alpha value is -1.68. The summed E-state index contributed by atoms with van der Waals surface area (Å²) in [5.41, 5.74) is 8.06. The van der Waals surface area contributed by atoms with Crippen LogP contribution in [0.3, 0.4) is 0 Å². The lowest BCUT2D eigenvalue weighted by Crippen LogP contribution is -2.03. The Morgan fingerprint density at radius 1 is 1.41 bits per heavy atom. The third-order valence-electron chi connectivity index (χ3n) is 2.56. The number of hydrogen-bond acceptors (Lipinski definition) is 4. The summed E-state index contributed by atoms with van der Waals surface area (Å²) >= 11 is 5.92. The first-order valence-electron chi connectivity index (χ1n) is 5.28. The number of nitrogens with zero attached hydrogens (tertiary/aromatic N) is 1. The van der Waals surface area contributed by atoms with Crippen LogP contribution in [0, 0.1) is 13.8 Å². The molecule has 5 heteroatoms. The van der Waals surface area contributed by atoms with E-state index in [1.54, 1.807) is 6.07 Å². The zero-order valence-electron chi connectivity index (χ0n) is 9.75. The first-order valence-corrected chi connectivity index (χ1v) is 5.66. The van der Waals surface area contributed by atoms with E-state index >= 15 is 0 Å². The molecule has 0 spiro atoms. The van der Waals surface area contributed by atoms with Gasteiger partial charge in [-0.2, -0.15) is 0 Å². The van der Waals surface area contributed by atoms with Crippen molar-refractivity contribution in [1.82, 2.24) is 4.98 Å². The van der Waals surface area contributed by atoms with Crippen molar-refractivity contribution in [3.05, 3.63) is 40.6 Å². The zero-order valence-corrected chi connectivity index (χ0v) is 10.5. The SMILES string of the molecule is Cc1nc(CNc2cccc(Cl)c2N)oc1C. The largest absolute Gasteiger partial charge is 0.444 e. The summed E-state index contributed by atoms with van der Waals surface area (Å²) in [5, 5.41) is 3.68. The Morgan fingerprint density at radius 3 is 2.82 bits per heavy atom. The van der Waals surface area contributed by atoms with E-state index in [1.807, 2.05) is 26.0 Å². The van der Waals surface area contributed by atoms with Crippen LogP contribution >= 0.6 is 11.6 Å². The molecule has 90 valence electrons. The van der Waals surface area contributed by atoms with Gasteiger partial charge in [-0.25, -0.2) is 4.98 Å². The summed E-state index contributed by atoms with van der Waals surface area (Å²) < 4.78 is 5.46. The molecule has 2 rings (SSSR count). The van der Waals surface area contributed by atoms with Crippen molar-refractivity contribution >= 4 is 23.0 Å². The number of oxazole rings is 1. The number of nitrogens with two attached hydrogens (primary N) is 1. The number of anilines is 2. The van der Waals surface area contributed by atoms with Gasteiger partial charge < -0.3 is 15.5 Å². The highest BCUT2D eigenvalue weighted by atomic mass is 35.5. The average molecular weight is 252 g/mol. The first-order chi connectivity index (χ1) is 8.08. The molecule has 1 heterocycles. The number of para-hydroxylation sites is 1. The highest BCUT2D eigenvalue weighted by molar-refractivity contribution is 6.33. The van der Waals surface area contributed by atoms with Crippen molar-refractivity contribution in [3.63, 3.8) is 0 Å². The normalized spacial score (nSPS) is 10.5. The van der Waals surface area contributed by atoms with Gasteiger partial charge in [0.15, 0.2) is 0 Å². The fourth-order valence-corrected chi connectivity index (χ4v) is 1.65. The minimum absolute atomic E-state index is 0.485. The summed E-state index contributed by atoms with van der Waals surface area (Å²) in [6, 6.07) is 5.46. The van der Waals surface area contributed by atoms with Crippen LogP contribution in [0.5, 0.6) is 0 Å². The van der Waals surface area contributed by atoms with Crippen molar-refractivity contribution in [2.24, 2.45) is 0 Å². The van der Waals surface area contributed by atoms with Crippen LogP contribution in [0.4, 0.5) is 11.4 Å². The summed E-state index contributed by atoms with van der Waals surface area (Å²) in [5.74, 6) is 1.47. The number of nitrogens with one attached hydrogen (secondary N) is 1. The number of halogens is 1. The first kappa shape index (κ1) is 11.8. The van der Waals surface area contributed by atoms with Crippen LogP contribution in [0.2, 0.25) is 5.02 Å². The van der Waals surface area contributed by atoms with Crippen molar-refractivity contribution in [2.75, 3.05) is 11.1 Å². The molecule has 0 aliphatic carbocycles. The highest BCUT2D eigenvalue weighted by Gasteiger charge is 2.07. The van der Waals surface area contributed by atoms with Crippen molar-refractivity contribution in [3.8, 4) is 0 Å². The van der Waals surface area contributed by atoms with Gasteiger partial charge in [-0.05, 0) is 26.0 Å². The molecule has 17 heavy (non-hydrogen) atoms. The maximum Gasteiger partial charge on any atom is 0.213 e.